The summed E-state index contributed by atoms with van der Waals surface area (Å²) in [6.07, 6.45) is 9.30. The Morgan fingerprint density at radius 1 is 0.903 bits per heavy atom. The molecule has 170 valence electrons. The number of rotatable bonds is 7. The molecule has 0 unspecified atom stereocenters. The number of allylic oxidation sites excluding steroid dienone is 1. The van der Waals surface area contributed by atoms with Gasteiger partial charge in [0.25, 0.3) is 0 Å². The Labute approximate surface area is 185 Å². The van der Waals surface area contributed by atoms with Gasteiger partial charge < -0.3 is 0 Å². The lowest BCUT2D eigenvalue weighted by Gasteiger charge is -2.28. The molecule has 2 aliphatic carbocycles. The Balaban J connectivity index is 1.37. The SMILES string of the molecule is C=CCCC1CCC(CCc2ccc(C#CC3CCC(OC(F)(F)F)CC3)cc2)CC1. The van der Waals surface area contributed by atoms with Gasteiger partial charge in [0.15, 0.2) is 0 Å². The highest BCUT2D eigenvalue weighted by Crippen LogP contribution is 2.34. The summed E-state index contributed by atoms with van der Waals surface area (Å²) in [4.78, 5) is 0. The average molecular weight is 433 g/mol. The van der Waals surface area contributed by atoms with E-state index in [4.69, 9.17) is 0 Å². The van der Waals surface area contributed by atoms with Crippen LogP contribution in [0, 0.1) is 29.6 Å². The lowest BCUT2D eigenvalue weighted by atomic mass is 9.78. The minimum absolute atomic E-state index is 0.161. The molecule has 4 heteroatoms. The number of alkyl halides is 3. The van der Waals surface area contributed by atoms with E-state index in [2.05, 4.69) is 47.4 Å². The molecular formula is C27H35F3O. The second-order valence-corrected chi connectivity index (χ2v) is 9.29. The normalized spacial score (nSPS) is 26.7. The molecule has 1 aromatic rings. The minimum atomic E-state index is -4.53. The molecule has 2 saturated carbocycles. The first-order valence-electron chi connectivity index (χ1n) is 11.9. The molecule has 2 fully saturated rings. The van der Waals surface area contributed by atoms with Gasteiger partial charge in [-0.3, -0.25) is 4.74 Å². The molecule has 0 amide bonds. The molecule has 31 heavy (non-hydrogen) atoms. The second-order valence-electron chi connectivity index (χ2n) is 9.29. The Morgan fingerprint density at radius 2 is 1.52 bits per heavy atom. The van der Waals surface area contributed by atoms with E-state index in [9.17, 15) is 13.2 Å². The van der Waals surface area contributed by atoms with E-state index in [0.717, 1.165) is 30.2 Å². The highest BCUT2D eigenvalue weighted by molar-refractivity contribution is 5.36. The van der Waals surface area contributed by atoms with Crippen molar-refractivity contribution in [2.75, 3.05) is 0 Å². The van der Waals surface area contributed by atoms with Gasteiger partial charge in [0.05, 0.1) is 6.10 Å². The molecule has 0 N–H and O–H groups in total. The number of ether oxygens (including phenoxy) is 1. The van der Waals surface area contributed by atoms with E-state index >= 15 is 0 Å². The van der Waals surface area contributed by atoms with E-state index in [1.54, 1.807) is 0 Å². The van der Waals surface area contributed by atoms with E-state index < -0.39 is 12.5 Å². The van der Waals surface area contributed by atoms with Crippen LogP contribution >= 0.6 is 0 Å². The highest BCUT2D eigenvalue weighted by Gasteiger charge is 2.35. The predicted octanol–water partition coefficient (Wildman–Crippen LogP) is 7.84. The second kappa shape index (κ2) is 11.8. The molecule has 0 heterocycles. The maximum Gasteiger partial charge on any atom is 0.522 e. The van der Waals surface area contributed by atoms with Crippen LogP contribution in [0.2, 0.25) is 0 Å². The summed E-state index contributed by atoms with van der Waals surface area (Å²) in [5, 5.41) is 0. The minimum Gasteiger partial charge on any atom is -0.289 e. The van der Waals surface area contributed by atoms with Crippen LogP contribution in [0.4, 0.5) is 13.2 Å². The smallest absolute Gasteiger partial charge is 0.289 e. The van der Waals surface area contributed by atoms with Crippen molar-refractivity contribution in [1.82, 2.24) is 0 Å². The van der Waals surface area contributed by atoms with Gasteiger partial charge in [-0.2, -0.15) is 0 Å². The highest BCUT2D eigenvalue weighted by atomic mass is 19.4. The van der Waals surface area contributed by atoms with E-state index in [-0.39, 0.29) is 5.92 Å². The lowest BCUT2D eigenvalue weighted by Crippen LogP contribution is -2.27. The van der Waals surface area contributed by atoms with Crippen molar-refractivity contribution in [3.05, 3.63) is 48.0 Å². The van der Waals surface area contributed by atoms with E-state index in [1.807, 2.05) is 6.08 Å². The van der Waals surface area contributed by atoms with Gasteiger partial charge in [-0.1, -0.05) is 55.7 Å². The third kappa shape index (κ3) is 8.73. The largest absolute Gasteiger partial charge is 0.522 e. The van der Waals surface area contributed by atoms with Gasteiger partial charge in [-0.25, -0.2) is 0 Å². The molecule has 1 aromatic carbocycles. The van der Waals surface area contributed by atoms with Crippen LogP contribution in [0.3, 0.4) is 0 Å². The average Bonchev–Trinajstić information content (AvgIpc) is 2.76. The van der Waals surface area contributed by atoms with Crippen LogP contribution in [0.25, 0.3) is 0 Å². The molecule has 1 nitrogen and oxygen atoms in total. The van der Waals surface area contributed by atoms with Gasteiger partial charge >= 0.3 is 6.36 Å². The molecule has 0 atom stereocenters. The van der Waals surface area contributed by atoms with Crippen molar-refractivity contribution in [1.29, 1.82) is 0 Å². The van der Waals surface area contributed by atoms with Crippen molar-refractivity contribution in [3.63, 3.8) is 0 Å². The fourth-order valence-electron chi connectivity index (χ4n) is 4.99. The molecular weight excluding hydrogens is 397 g/mol. The zero-order valence-electron chi connectivity index (χ0n) is 18.4. The van der Waals surface area contributed by atoms with Gasteiger partial charge in [-0.05, 0) is 80.9 Å². The monoisotopic (exact) mass is 432 g/mol. The van der Waals surface area contributed by atoms with Crippen LogP contribution in [-0.4, -0.2) is 12.5 Å². The predicted molar refractivity (Wildman–Crippen MR) is 119 cm³/mol. The van der Waals surface area contributed by atoms with E-state index in [0.29, 0.717) is 25.7 Å². The van der Waals surface area contributed by atoms with E-state index in [1.165, 1.54) is 44.1 Å². The Morgan fingerprint density at radius 3 is 2.10 bits per heavy atom. The zero-order valence-corrected chi connectivity index (χ0v) is 18.4. The summed E-state index contributed by atoms with van der Waals surface area (Å²) in [6.45, 7) is 3.83. The lowest BCUT2D eigenvalue weighted by molar-refractivity contribution is -0.345. The zero-order chi connectivity index (χ0) is 22.1. The molecule has 2 aliphatic rings. The van der Waals surface area contributed by atoms with Crippen molar-refractivity contribution in [3.8, 4) is 11.8 Å². The van der Waals surface area contributed by atoms with Gasteiger partial charge in [0, 0.05) is 11.5 Å². The number of benzene rings is 1. The molecule has 0 aliphatic heterocycles. The number of halogens is 3. The molecule has 0 spiro atoms. The topological polar surface area (TPSA) is 9.23 Å². The van der Waals surface area contributed by atoms with Gasteiger partial charge in [0.2, 0.25) is 0 Å². The van der Waals surface area contributed by atoms with Crippen molar-refractivity contribution in [2.45, 2.75) is 89.5 Å². The summed E-state index contributed by atoms with van der Waals surface area (Å²) in [5.74, 6) is 8.38. The van der Waals surface area contributed by atoms with Crippen molar-refractivity contribution in [2.24, 2.45) is 17.8 Å². The first-order valence-corrected chi connectivity index (χ1v) is 11.9. The van der Waals surface area contributed by atoms with Crippen LogP contribution in [-0.2, 0) is 11.2 Å². The maximum absolute atomic E-state index is 12.3. The quantitative estimate of drug-likeness (QED) is 0.315. The van der Waals surface area contributed by atoms with Crippen LogP contribution in [0.1, 0.15) is 81.8 Å². The summed E-state index contributed by atoms with van der Waals surface area (Å²) in [7, 11) is 0. The molecule has 0 bridgehead atoms. The summed E-state index contributed by atoms with van der Waals surface area (Å²) < 4.78 is 41.0. The third-order valence-electron chi connectivity index (χ3n) is 6.94. The standard InChI is InChI=1S/C27H35F3O/c1-2-3-4-21-5-7-22(8-6-21)9-10-23-11-13-24(14-12-23)15-16-25-17-19-26(20-18-25)31-27(28,29)30/h2,11-14,21-22,25-26H,1,3-10,17-20H2. The summed E-state index contributed by atoms with van der Waals surface area (Å²) >= 11 is 0. The summed E-state index contributed by atoms with van der Waals surface area (Å²) in [5.41, 5.74) is 2.35. The van der Waals surface area contributed by atoms with Gasteiger partial charge in [0.1, 0.15) is 0 Å². The maximum atomic E-state index is 12.3. The molecule has 0 aromatic heterocycles. The Bertz CT molecular complexity index is 724. The van der Waals surface area contributed by atoms with Crippen molar-refractivity contribution < 1.29 is 17.9 Å². The number of hydrogen-bond donors (Lipinski definition) is 0. The van der Waals surface area contributed by atoms with Crippen LogP contribution in [0.15, 0.2) is 36.9 Å². The van der Waals surface area contributed by atoms with Gasteiger partial charge in [-0.15, -0.1) is 19.8 Å². The first kappa shape index (κ1) is 23.9. The molecule has 3 rings (SSSR count). The van der Waals surface area contributed by atoms with Crippen LogP contribution < -0.4 is 0 Å². The molecule has 0 radical (unpaired) electrons. The van der Waals surface area contributed by atoms with Crippen molar-refractivity contribution >= 4 is 0 Å². The number of aryl methyl sites for hydroxylation is 1. The Kier molecular flexibility index (Phi) is 9.08. The van der Waals surface area contributed by atoms with Crippen LogP contribution in [0.5, 0.6) is 0 Å². The fraction of sp³-hybridized carbons (Fsp3) is 0.630. The fourth-order valence-corrected chi connectivity index (χ4v) is 4.99. The number of hydrogen-bond acceptors (Lipinski definition) is 1. The third-order valence-corrected chi connectivity index (χ3v) is 6.94. The Hall–Kier alpha value is -1.73. The first-order chi connectivity index (χ1) is 14.9. The summed E-state index contributed by atoms with van der Waals surface area (Å²) in [6, 6.07) is 8.50. The molecule has 0 saturated heterocycles.